The number of anilines is 1. The van der Waals surface area contributed by atoms with Crippen LogP contribution >= 0.6 is 24.0 Å². The molecule has 2 aromatic rings. The highest BCUT2D eigenvalue weighted by atomic mass is 127. The molecule has 0 bridgehead atoms. The molecule has 1 aliphatic carbocycles. The van der Waals surface area contributed by atoms with Crippen LogP contribution in [0, 0.1) is 5.82 Å². The summed E-state index contributed by atoms with van der Waals surface area (Å²) in [5, 5.41) is 9.23. The third kappa shape index (κ3) is 6.58. The fraction of sp³-hybridized carbons (Fsp3) is 0.364. The van der Waals surface area contributed by atoms with Crippen LogP contribution in [0.2, 0.25) is 0 Å². The standard InChI is InChI=1S/C22H27FN4O2.HI/c1-16(28)27-17-6-5-7-18(14-17)29-13-12-25-21(24-2)26-15-22(10-11-22)19-8-3-4-9-20(19)23;/h3-9,14H,10-13,15H2,1-2H3,(H,27,28)(H2,24,25,26);1H. The number of carbonyl (C=O) groups excluding carboxylic acids is 1. The molecule has 1 aliphatic rings. The largest absolute Gasteiger partial charge is 0.492 e. The van der Waals surface area contributed by atoms with Crippen molar-refractivity contribution in [1.82, 2.24) is 10.6 Å². The van der Waals surface area contributed by atoms with Gasteiger partial charge in [-0.3, -0.25) is 9.79 Å². The van der Waals surface area contributed by atoms with E-state index in [0.29, 0.717) is 37.1 Å². The van der Waals surface area contributed by atoms with Gasteiger partial charge in [0.1, 0.15) is 18.2 Å². The molecule has 8 heteroatoms. The molecule has 0 spiro atoms. The maximum Gasteiger partial charge on any atom is 0.221 e. The van der Waals surface area contributed by atoms with E-state index in [1.54, 1.807) is 19.2 Å². The molecule has 3 rings (SSSR count). The van der Waals surface area contributed by atoms with E-state index in [1.165, 1.54) is 13.0 Å². The van der Waals surface area contributed by atoms with E-state index < -0.39 is 0 Å². The Bertz CT molecular complexity index is 887. The molecule has 30 heavy (non-hydrogen) atoms. The topological polar surface area (TPSA) is 74.8 Å². The number of halogens is 2. The molecule has 0 saturated heterocycles. The number of hydrogen-bond donors (Lipinski definition) is 3. The number of ether oxygens (including phenoxy) is 1. The summed E-state index contributed by atoms with van der Waals surface area (Å²) >= 11 is 0. The Morgan fingerprint density at radius 3 is 2.60 bits per heavy atom. The normalized spacial score (nSPS) is 14.3. The third-order valence-corrected chi connectivity index (χ3v) is 4.93. The van der Waals surface area contributed by atoms with E-state index in [2.05, 4.69) is 20.9 Å². The smallest absolute Gasteiger partial charge is 0.221 e. The zero-order chi connectivity index (χ0) is 20.7. The minimum Gasteiger partial charge on any atom is -0.492 e. The number of aliphatic imine (C=N–C) groups is 1. The van der Waals surface area contributed by atoms with Gasteiger partial charge in [0.25, 0.3) is 0 Å². The van der Waals surface area contributed by atoms with Crippen LogP contribution in [0.4, 0.5) is 10.1 Å². The first kappa shape index (κ1) is 23.9. The van der Waals surface area contributed by atoms with Crippen LogP contribution in [0.15, 0.2) is 53.5 Å². The third-order valence-electron chi connectivity index (χ3n) is 4.93. The molecule has 3 N–H and O–H groups in total. The maximum atomic E-state index is 14.1. The first-order valence-electron chi connectivity index (χ1n) is 9.72. The van der Waals surface area contributed by atoms with Crippen LogP contribution in [-0.2, 0) is 10.2 Å². The van der Waals surface area contributed by atoms with Gasteiger partial charge in [0, 0.05) is 37.7 Å². The number of benzene rings is 2. The van der Waals surface area contributed by atoms with E-state index in [1.807, 2.05) is 30.3 Å². The predicted octanol–water partition coefficient (Wildman–Crippen LogP) is 3.68. The number of nitrogens with zero attached hydrogens (tertiary/aromatic N) is 1. The molecule has 1 amide bonds. The second kappa shape index (κ2) is 11.1. The lowest BCUT2D eigenvalue weighted by Gasteiger charge is -2.19. The summed E-state index contributed by atoms with van der Waals surface area (Å²) in [5.41, 5.74) is 1.32. The van der Waals surface area contributed by atoms with Crippen LogP contribution in [-0.4, -0.2) is 38.6 Å². The zero-order valence-electron chi connectivity index (χ0n) is 17.2. The molecule has 0 aromatic heterocycles. The van der Waals surface area contributed by atoms with Gasteiger partial charge in [-0.25, -0.2) is 4.39 Å². The molecule has 2 aromatic carbocycles. The predicted molar refractivity (Wildman–Crippen MR) is 128 cm³/mol. The monoisotopic (exact) mass is 526 g/mol. The summed E-state index contributed by atoms with van der Waals surface area (Å²) in [4.78, 5) is 15.4. The van der Waals surface area contributed by atoms with Gasteiger partial charge >= 0.3 is 0 Å². The molecule has 0 heterocycles. The van der Waals surface area contributed by atoms with Crippen molar-refractivity contribution in [2.24, 2.45) is 4.99 Å². The van der Waals surface area contributed by atoms with E-state index in [-0.39, 0.29) is 41.1 Å². The fourth-order valence-electron chi connectivity index (χ4n) is 3.26. The fourth-order valence-corrected chi connectivity index (χ4v) is 3.26. The lowest BCUT2D eigenvalue weighted by atomic mass is 9.95. The molecule has 1 saturated carbocycles. The molecule has 0 aliphatic heterocycles. The molecule has 1 fully saturated rings. The van der Waals surface area contributed by atoms with Gasteiger partial charge in [-0.2, -0.15) is 0 Å². The number of amides is 1. The Morgan fingerprint density at radius 1 is 1.17 bits per heavy atom. The Labute approximate surface area is 193 Å². The minimum absolute atomic E-state index is 0. The van der Waals surface area contributed by atoms with Gasteiger partial charge in [0.2, 0.25) is 5.91 Å². The summed E-state index contributed by atoms with van der Waals surface area (Å²) in [6, 6.07) is 14.2. The van der Waals surface area contributed by atoms with Crippen molar-refractivity contribution in [1.29, 1.82) is 0 Å². The highest BCUT2D eigenvalue weighted by molar-refractivity contribution is 14.0. The van der Waals surface area contributed by atoms with Crippen molar-refractivity contribution >= 4 is 41.5 Å². The Balaban J connectivity index is 0.00000320. The lowest BCUT2D eigenvalue weighted by molar-refractivity contribution is -0.114. The zero-order valence-corrected chi connectivity index (χ0v) is 19.5. The van der Waals surface area contributed by atoms with Crippen molar-refractivity contribution in [2.45, 2.75) is 25.2 Å². The number of carbonyl (C=O) groups is 1. The molecule has 6 nitrogen and oxygen atoms in total. The highest BCUT2D eigenvalue weighted by Gasteiger charge is 2.45. The van der Waals surface area contributed by atoms with E-state index in [0.717, 1.165) is 18.4 Å². The van der Waals surface area contributed by atoms with Crippen LogP contribution in [0.5, 0.6) is 5.75 Å². The molecular weight excluding hydrogens is 498 g/mol. The van der Waals surface area contributed by atoms with Crippen molar-refractivity contribution in [3.05, 3.63) is 59.9 Å². The molecule has 0 radical (unpaired) electrons. The Morgan fingerprint density at radius 2 is 1.93 bits per heavy atom. The van der Waals surface area contributed by atoms with Gasteiger partial charge < -0.3 is 20.7 Å². The van der Waals surface area contributed by atoms with Crippen molar-refractivity contribution < 1.29 is 13.9 Å². The van der Waals surface area contributed by atoms with E-state index in [4.69, 9.17) is 4.74 Å². The summed E-state index contributed by atoms with van der Waals surface area (Å²) in [5.74, 6) is 1.06. The van der Waals surface area contributed by atoms with Crippen LogP contribution < -0.4 is 20.7 Å². The van der Waals surface area contributed by atoms with E-state index in [9.17, 15) is 9.18 Å². The van der Waals surface area contributed by atoms with Gasteiger partial charge in [-0.15, -0.1) is 24.0 Å². The summed E-state index contributed by atoms with van der Waals surface area (Å²) in [7, 11) is 1.70. The second-order valence-electron chi connectivity index (χ2n) is 7.17. The number of nitrogens with one attached hydrogen (secondary N) is 3. The van der Waals surface area contributed by atoms with Crippen molar-refractivity contribution in [3.63, 3.8) is 0 Å². The Hall–Kier alpha value is -2.36. The number of guanidine groups is 1. The van der Waals surface area contributed by atoms with Gasteiger partial charge in [0.05, 0.1) is 6.54 Å². The second-order valence-corrected chi connectivity index (χ2v) is 7.17. The molecular formula is C22H28FIN4O2. The number of rotatable bonds is 8. The summed E-state index contributed by atoms with van der Waals surface area (Å²) in [6.07, 6.45) is 1.93. The number of hydrogen-bond acceptors (Lipinski definition) is 3. The van der Waals surface area contributed by atoms with Gasteiger partial charge in [-0.1, -0.05) is 24.3 Å². The summed E-state index contributed by atoms with van der Waals surface area (Å²) in [6.45, 7) is 3.08. The van der Waals surface area contributed by atoms with Gasteiger partial charge in [0.15, 0.2) is 5.96 Å². The molecule has 0 unspecified atom stereocenters. The lowest BCUT2D eigenvalue weighted by Crippen LogP contribution is -2.42. The quantitative estimate of drug-likeness (QED) is 0.213. The molecule has 162 valence electrons. The van der Waals surface area contributed by atoms with Gasteiger partial charge in [-0.05, 0) is 36.6 Å². The van der Waals surface area contributed by atoms with E-state index >= 15 is 0 Å². The van der Waals surface area contributed by atoms with Crippen LogP contribution in [0.1, 0.15) is 25.3 Å². The first-order valence-corrected chi connectivity index (χ1v) is 9.72. The average molecular weight is 526 g/mol. The van der Waals surface area contributed by atoms with Crippen LogP contribution in [0.3, 0.4) is 0 Å². The Kier molecular flexibility index (Phi) is 8.88. The molecule has 0 atom stereocenters. The van der Waals surface area contributed by atoms with Crippen LogP contribution in [0.25, 0.3) is 0 Å². The maximum absolute atomic E-state index is 14.1. The van der Waals surface area contributed by atoms with Crippen molar-refractivity contribution in [3.8, 4) is 5.75 Å². The SMILES string of the molecule is CN=C(NCCOc1cccc(NC(C)=O)c1)NCC1(c2ccccc2F)CC1.I. The van der Waals surface area contributed by atoms with Crippen molar-refractivity contribution in [2.75, 3.05) is 32.1 Å². The average Bonchev–Trinajstić information content (AvgIpc) is 3.48. The minimum atomic E-state index is -0.149. The highest BCUT2D eigenvalue weighted by Crippen LogP contribution is 2.48. The summed E-state index contributed by atoms with van der Waals surface area (Å²) < 4.78 is 19.8. The first-order chi connectivity index (χ1) is 14.0.